The highest BCUT2D eigenvalue weighted by Gasteiger charge is 2.48. The molecule has 0 heterocycles. The number of nitrogens with one attached hydrogen (secondary N) is 2. The zero-order chi connectivity index (χ0) is 15.6. The molecule has 0 aliphatic heterocycles. The molecule has 1 saturated carbocycles. The molecule has 1 fully saturated rings. The van der Waals surface area contributed by atoms with Crippen molar-refractivity contribution < 1.29 is 9.59 Å². The van der Waals surface area contributed by atoms with Crippen molar-refractivity contribution in [3.05, 3.63) is 29.8 Å². The van der Waals surface area contributed by atoms with Crippen LogP contribution in [-0.2, 0) is 9.59 Å². The van der Waals surface area contributed by atoms with Crippen LogP contribution >= 0.6 is 0 Å². The standard InChI is InChI=1S/C16H19N3O2/c1-16(2,3)19-15(21)12-8-11(12)14(20)18-13-7-5-4-6-10(13)9-17/h4-7,11-12H,8H2,1-3H3,(H,18,20)(H,19,21). The van der Waals surface area contributed by atoms with Gasteiger partial charge in [-0.05, 0) is 39.3 Å². The van der Waals surface area contributed by atoms with E-state index >= 15 is 0 Å². The van der Waals surface area contributed by atoms with Crippen molar-refractivity contribution in [1.29, 1.82) is 5.26 Å². The number of nitriles is 1. The summed E-state index contributed by atoms with van der Waals surface area (Å²) in [6.07, 6.45) is 0.558. The highest BCUT2D eigenvalue weighted by Crippen LogP contribution is 2.40. The van der Waals surface area contributed by atoms with Gasteiger partial charge in [0.25, 0.3) is 0 Å². The number of hydrogen-bond donors (Lipinski definition) is 2. The molecular formula is C16H19N3O2. The molecule has 0 bridgehead atoms. The van der Waals surface area contributed by atoms with Crippen LogP contribution in [0.3, 0.4) is 0 Å². The minimum absolute atomic E-state index is 0.0868. The Morgan fingerprint density at radius 2 is 1.81 bits per heavy atom. The van der Waals surface area contributed by atoms with Gasteiger partial charge in [-0.2, -0.15) is 5.26 Å². The third-order valence-corrected chi connectivity index (χ3v) is 3.27. The Morgan fingerprint density at radius 1 is 1.19 bits per heavy atom. The number of rotatable bonds is 3. The Kier molecular flexibility index (Phi) is 3.99. The van der Waals surface area contributed by atoms with E-state index in [-0.39, 0.29) is 29.2 Å². The van der Waals surface area contributed by atoms with Gasteiger partial charge < -0.3 is 10.6 Å². The second-order valence-corrected chi connectivity index (χ2v) is 6.33. The van der Waals surface area contributed by atoms with Gasteiger partial charge in [0.05, 0.1) is 23.1 Å². The monoisotopic (exact) mass is 285 g/mol. The fourth-order valence-electron chi connectivity index (χ4n) is 2.15. The molecule has 0 radical (unpaired) electrons. The van der Waals surface area contributed by atoms with Crippen molar-refractivity contribution in [1.82, 2.24) is 5.32 Å². The number of benzene rings is 1. The van der Waals surface area contributed by atoms with Crippen LogP contribution in [0.15, 0.2) is 24.3 Å². The number of anilines is 1. The molecule has 5 nitrogen and oxygen atoms in total. The fourth-order valence-corrected chi connectivity index (χ4v) is 2.15. The first-order valence-corrected chi connectivity index (χ1v) is 6.94. The summed E-state index contributed by atoms with van der Waals surface area (Å²) in [5.41, 5.74) is 0.614. The number of carbonyl (C=O) groups excluding carboxylic acids is 2. The molecule has 0 aromatic heterocycles. The molecule has 2 amide bonds. The summed E-state index contributed by atoms with van der Waals surface area (Å²) >= 11 is 0. The number of nitrogens with zero attached hydrogens (tertiary/aromatic N) is 1. The van der Waals surface area contributed by atoms with E-state index in [1.807, 2.05) is 26.8 Å². The summed E-state index contributed by atoms with van der Waals surface area (Å²) < 4.78 is 0. The van der Waals surface area contributed by atoms with E-state index in [0.29, 0.717) is 17.7 Å². The van der Waals surface area contributed by atoms with Crippen LogP contribution in [0.4, 0.5) is 5.69 Å². The van der Waals surface area contributed by atoms with Crippen LogP contribution in [0.2, 0.25) is 0 Å². The Hall–Kier alpha value is -2.35. The van der Waals surface area contributed by atoms with Crippen LogP contribution in [-0.4, -0.2) is 17.4 Å². The van der Waals surface area contributed by atoms with E-state index in [4.69, 9.17) is 5.26 Å². The molecule has 2 unspecified atom stereocenters. The van der Waals surface area contributed by atoms with Crippen LogP contribution in [0.5, 0.6) is 0 Å². The van der Waals surface area contributed by atoms with Gasteiger partial charge >= 0.3 is 0 Å². The first-order valence-electron chi connectivity index (χ1n) is 6.94. The van der Waals surface area contributed by atoms with Crippen molar-refractivity contribution in [3.63, 3.8) is 0 Å². The maximum absolute atomic E-state index is 12.1. The summed E-state index contributed by atoms with van der Waals surface area (Å²) in [5, 5.41) is 14.6. The third-order valence-electron chi connectivity index (χ3n) is 3.27. The average molecular weight is 285 g/mol. The molecule has 5 heteroatoms. The Labute approximate surface area is 124 Å². The first kappa shape index (κ1) is 15.0. The highest BCUT2D eigenvalue weighted by molar-refractivity contribution is 6.00. The normalized spacial score (nSPS) is 20.3. The molecule has 2 atom stereocenters. The van der Waals surface area contributed by atoms with Gasteiger partial charge in [0.2, 0.25) is 11.8 Å². The molecular weight excluding hydrogens is 266 g/mol. The van der Waals surface area contributed by atoms with E-state index in [1.54, 1.807) is 24.3 Å². The first-order chi connectivity index (χ1) is 9.81. The lowest BCUT2D eigenvalue weighted by Gasteiger charge is -2.20. The van der Waals surface area contributed by atoms with Crippen molar-refractivity contribution in [2.24, 2.45) is 11.8 Å². The van der Waals surface area contributed by atoms with Gasteiger partial charge in [-0.3, -0.25) is 9.59 Å². The molecule has 1 aliphatic carbocycles. The Bertz CT molecular complexity index is 611. The van der Waals surface area contributed by atoms with Crippen molar-refractivity contribution >= 4 is 17.5 Å². The molecule has 1 aliphatic rings. The van der Waals surface area contributed by atoms with Gasteiger partial charge in [0.15, 0.2) is 0 Å². The summed E-state index contributed by atoms with van der Waals surface area (Å²) in [5.74, 6) is -0.861. The van der Waals surface area contributed by atoms with E-state index in [2.05, 4.69) is 10.6 Å². The van der Waals surface area contributed by atoms with Crippen LogP contribution in [0.1, 0.15) is 32.8 Å². The zero-order valence-corrected chi connectivity index (χ0v) is 12.4. The summed E-state index contributed by atoms with van der Waals surface area (Å²) in [7, 11) is 0. The quantitative estimate of drug-likeness (QED) is 0.891. The highest BCUT2D eigenvalue weighted by atomic mass is 16.2. The Morgan fingerprint density at radius 3 is 2.43 bits per heavy atom. The fraction of sp³-hybridized carbons (Fsp3) is 0.438. The lowest BCUT2D eigenvalue weighted by Crippen LogP contribution is -2.42. The minimum atomic E-state index is -0.306. The molecule has 110 valence electrons. The molecule has 1 aromatic rings. The maximum Gasteiger partial charge on any atom is 0.228 e. The topological polar surface area (TPSA) is 82.0 Å². The van der Waals surface area contributed by atoms with Crippen molar-refractivity contribution in [3.8, 4) is 6.07 Å². The molecule has 1 aromatic carbocycles. The lowest BCUT2D eigenvalue weighted by molar-refractivity contribution is -0.126. The minimum Gasteiger partial charge on any atom is -0.351 e. The third kappa shape index (κ3) is 3.82. The van der Waals surface area contributed by atoms with Gasteiger partial charge in [-0.15, -0.1) is 0 Å². The second kappa shape index (κ2) is 5.57. The van der Waals surface area contributed by atoms with Gasteiger partial charge in [0.1, 0.15) is 6.07 Å². The Balaban J connectivity index is 1.95. The smallest absolute Gasteiger partial charge is 0.228 e. The average Bonchev–Trinajstić information content (AvgIpc) is 3.17. The van der Waals surface area contributed by atoms with Gasteiger partial charge in [-0.25, -0.2) is 0 Å². The number of amides is 2. The predicted molar refractivity (Wildman–Crippen MR) is 79.3 cm³/mol. The van der Waals surface area contributed by atoms with E-state index in [9.17, 15) is 9.59 Å². The lowest BCUT2D eigenvalue weighted by atomic mass is 10.1. The molecule has 2 N–H and O–H groups in total. The summed E-state index contributed by atoms with van der Waals surface area (Å²) in [6.45, 7) is 5.72. The maximum atomic E-state index is 12.1. The largest absolute Gasteiger partial charge is 0.351 e. The predicted octanol–water partition coefficient (Wildman–Crippen LogP) is 2.05. The zero-order valence-electron chi connectivity index (χ0n) is 12.4. The van der Waals surface area contributed by atoms with Gasteiger partial charge in [-0.1, -0.05) is 12.1 Å². The van der Waals surface area contributed by atoms with Crippen LogP contribution in [0.25, 0.3) is 0 Å². The van der Waals surface area contributed by atoms with E-state index in [0.717, 1.165) is 0 Å². The van der Waals surface area contributed by atoms with Crippen molar-refractivity contribution in [2.75, 3.05) is 5.32 Å². The van der Waals surface area contributed by atoms with E-state index in [1.165, 1.54) is 0 Å². The van der Waals surface area contributed by atoms with Crippen LogP contribution in [0, 0.1) is 23.2 Å². The molecule has 2 rings (SSSR count). The van der Waals surface area contributed by atoms with E-state index < -0.39 is 0 Å². The number of carbonyl (C=O) groups is 2. The van der Waals surface area contributed by atoms with Crippen LogP contribution < -0.4 is 10.6 Å². The number of hydrogen-bond acceptors (Lipinski definition) is 3. The molecule has 0 saturated heterocycles. The molecule has 0 spiro atoms. The summed E-state index contributed by atoms with van der Waals surface area (Å²) in [4.78, 5) is 24.1. The summed E-state index contributed by atoms with van der Waals surface area (Å²) in [6, 6.07) is 8.86. The van der Waals surface area contributed by atoms with Crippen molar-refractivity contribution in [2.45, 2.75) is 32.7 Å². The number of para-hydroxylation sites is 1. The second-order valence-electron chi connectivity index (χ2n) is 6.33. The molecule has 21 heavy (non-hydrogen) atoms. The van der Waals surface area contributed by atoms with Gasteiger partial charge in [0, 0.05) is 5.54 Å². The SMILES string of the molecule is CC(C)(C)NC(=O)C1CC1C(=O)Nc1ccccc1C#N.